The summed E-state index contributed by atoms with van der Waals surface area (Å²) in [5.74, 6) is 2.29. The molecule has 13 heteroatoms. The number of aromatic nitrogens is 1. The summed E-state index contributed by atoms with van der Waals surface area (Å²) in [6.07, 6.45) is 5.34. The average molecular weight is 850 g/mol. The Morgan fingerprint density at radius 2 is 1.32 bits per heavy atom. The molecule has 0 spiro atoms. The van der Waals surface area contributed by atoms with E-state index < -0.39 is 0 Å². The lowest BCUT2D eigenvalue weighted by atomic mass is 9.94. The summed E-state index contributed by atoms with van der Waals surface area (Å²) in [7, 11) is 7.69. The van der Waals surface area contributed by atoms with Crippen LogP contribution in [0.3, 0.4) is 0 Å². The van der Waals surface area contributed by atoms with Gasteiger partial charge in [0.25, 0.3) is 0 Å². The van der Waals surface area contributed by atoms with Gasteiger partial charge in [-0.2, -0.15) is 4.57 Å². The number of nitrogens with zero attached hydrogens (tertiary/aromatic N) is 5. The molecule has 9 rings (SSSR count). The molecule has 3 aliphatic heterocycles. The second-order valence-corrected chi connectivity index (χ2v) is 16.3. The van der Waals surface area contributed by atoms with Gasteiger partial charge in [0, 0.05) is 93.9 Å². The highest BCUT2D eigenvalue weighted by molar-refractivity contribution is 6.01. The van der Waals surface area contributed by atoms with Gasteiger partial charge in [0.1, 0.15) is 17.2 Å². The third-order valence-electron chi connectivity index (χ3n) is 12.0. The van der Waals surface area contributed by atoms with E-state index in [9.17, 15) is 9.59 Å². The first kappa shape index (κ1) is 42.8. The van der Waals surface area contributed by atoms with E-state index in [0.29, 0.717) is 6.61 Å². The van der Waals surface area contributed by atoms with E-state index in [1.54, 1.807) is 14.2 Å². The zero-order valence-electron chi connectivity index (χ0n) is 36.6. The van der Waals surface area contributed by atoms with Crippen molar-refractivity contribution in [3.8, 4) is 34.1 Å². The molecule has 4 heterocycles. The summed E-state index contributed by atoms with van der Waals surface area (Å²) in [4.78, 5) is 33.4. The van der Waals surface area contributed by atoms with Gasteiger partial charge in [-0.25, -0.2) is 4.79 Å². The first-order valence-corrected chi connectivity index (χ1v) is 21.5. The molecule has 13 nitrogen and oxygen atoms in total. The Bertz CT molecular complexity index is 2590. The molecule has 2 fully saturated rings. The zero-order chi connectivity index (χ0) is 43.9. The normalized spacial score (nSPS) is 15.2. The highest BCUT2D eigenvalue weighted by atomic mass is 16.5. The number of nitrogens with two attached hydrogens (primary N) is 1. The Hall–Kier alpha value is -6.83. The monoisotopic (exact) mass is 849 g/mol. The highest BCUT2D eigenvalue weighted by Crippen LogP contribution is 2.34. The second kappa shape index (κ2) is 19.5. The molecule has 3 amide bonds. The predicted molar refractivity (Wildman–Crippen MR) is 251 cm³/mol. The summed E-state index contributed by atoms with van der Waals surface area (Å²) in [6, 6.07) is 34.0. The van der Waals surface area contributed by atoms with Crippen molar-refractivity contribution < 1.29 is 28.4 Å². The molecule has 0 bridgehead atoms. The van der Waals surface area contributed by atoms with E-state index in [1.165, 1.54) is 0 Å². The number of piperazine rings is 2. The summed E-state index contributed by atoms with van der Waals surface area (Å²) >= 11 is 0. The highest BCUT2D eigenvalue weighted by Gasteiger charge is 2.22. The fourth-order valence-corrected chi connectivity index (χ4v) is 8.50. The lowest BCUT2D eigenvalue weighted by Gasteiger charge is -2.34. The number of urea groups is 1. The van der Waals surface area contributed by atoms with Crippen LogP contribution in [0.4, 0.5) is 27.5 Å². The van der Waals surface area contributed by atoms with Crippen LogP contribution in [-0.2, 0) is 17.6 Å². The molecule has 0 atom stereocenters. The first-order chi connectivity index (χ1) is 30.6. The van der Waals surface area contributed by atoms with Crippen LogP contribution in [0.2, 0.25) is 0 Å². The van der Waals surface area contributed by atoms with Crippen molar-refractivity contribution in [1.29, 1.82) is 0 Å². The third kappa shape index (κ3) is 10.1. The number of ether oxygens (including phenoxy) is 3. The number of carbonyl (C=O) groups excluding carboxylic acids is 2. The van der Waals surface area contributed by atoms with Gasteiger partial charge < -0.3 is 50.2 Å². The number of rotatable bonds is 10. The van der Waals surface area contributed by atoms with Crippen molar-refractivity contribution in [2.75, 3.05) is 108 Å². The Labute approximate surface area is 369 Å². The van der Waals surface area contributed by atoms with Gasteiger partial charge in [-0.3, -0.25) is 4.79 Å². The van der Waals surface area contributed by atoms with Crippen LogP contribution in [-0.4, -0.2) is 109 Å². The van der Waals surface area contributed by atoms with E-state index in [1.807, 2.05) is 54.6 Å². The van der Waals surface area contributed by atoms with Gasteiger partial charge in [0.05, 0.1) is 38.6 Å². The van der Waals surface area contributed by atoms with E-state index >= 15 is 0 Å². The first-order valence-electron chi connectivity index (χ1n) is 21.5. The van der Waals surface area contributed by atoms with Crippen molar-refractivity contribution in [3.05, 3.63) is 127 Å². The van der Waals surface area contributed by atoms with Gasteiger partial charge in [-0.05, 0) is 90.1 Å². The van der Waals surface area contributed by atoms with Crippen LogP contribution in [0, 0.1) is 0 Å². The summed E-state index contributed by atoms with van der Waals surface area (Å²) in [5.41, 5.74) is 14.5. The molecule has 2 saturated heterocycles. The van der Waals surface area contributed by atoms with E-state index in [4.69, 9.17) is 19.9 Å². The van der Waals surface area contributed by atoms with Crippen LogP contribution in [0.15, 0.2) is 116 Å². The number of hydrogen-bond acceptors (Lipinski definition) is 9. The molecule has 3 aliphatic rings. The minimum Gasteiger partial charge on any atom is -0.495 e. The van der Waals surface area contributed by atoms with Gasteiger partial charge in [0.15, 0.2) is 12.4 Å². The van der Waals surface area contributed by atoms with Crippen molar-refractivity contribution in [1.82, 2.24) is 9.80 Å². The van der Waals surface area contributed by atoms with Crippen LogP contribution in [0.5, 0.6) is 17.2 Å². The molecule has 5 aromatic carbocycles. The largest absolute Gasteiger partial charge is 0.495 e. The molecular formula is C50H57N8O5+. The molecule has 63 heavy (non-hydrogen) atoms. The zero-order valence-corrected chi connectivity index (χ0v) is 36.6. The van der Waals surface area contributed by atoms with Gasteiger partial charge >= 0.3 is 6.03 Å². The number of pyridine rings is 1. The summed E-state index contributed by atoms with van der Waals surface area (Å²) < 4.78 is 18.9. The number of anilines is 4. The smallest absolute Gasteiger partial charge is 0.323 e. The number of likely N-dealkylation sites (N-methyl/N-ethyl adjacent to an activating group) is 2. The average Bonchev–Trinajstić information content (AvgIpc) is 3.78. The molecule has 0 unspecified atom stereocenters. The van der Waals surface area contributed by atoms with Gasteiger partial charge in [-0.1, -0.05) is 36.4 Å². The lowest BCUT2D eigenvalue weighted by Crippen LogP contribution is -2.44. The van der Waals surface area contributed by atoms with Crippen LogP contribution >= 0.6 is 0 Å². The molecular weight excluding hydrogens is 793 g/mol. The number of benzene rings is 5. The summed E-state index contributed by atoms with van der Waals surface area (Å²) in [5, 5.41) is 7.98. The molecule has 1 aromatic heterocycles. The number of primary amides is 1. The van der Waals surface area contributed by atoms with E-state index in [2.05, 4.69) is 110 Å². The summed E-state index contributed by atoms with van der Waals surface area (Å²) in [6.45, 7) is 8.59. The Kier molecular flexibility index (Phi) is 13.2. The minimum atomic E-state index is -0.323. The number of nitrogens with one attached hydrogen (secondary N) is 2. The fraction of sp³-hybridized carbons (Fsp3) is 0.300. The Morgan fingerprint density at radius 3 is 1.98 bits per heavy atom. The van der Waals surface area contributed by atoms with Crippen molar-refractivity contribution in [2.24, 2.45) is 5.73 Å². The fourth-order valence-electron chi connectivity index (χ4n) is 8.50. The third-order valence-corrected chi connectivity index (χ3v) is 12.0. The number of methoxy groups -OCH3 is 2. The van der Waals surface area contributed by atoms with Crippen molar-refractivity contribution in [3.63, 3.8) is 0 Å². The SMILES string of the molecule is COc1ccc(-[n+]2cccc(-c3ccc(CC(N)=O)c4ccccc34)c2)cc1N1CCN(C)CC1.COc1ccc(NC(=O)Nc2ccc3c(c2)CCO3)cc1N1CCN(C)CC1. The number of carbonyl (C=O) groups is 2. The minimum absolute atomic E-state index is 0.233. The van der Waals surface area contributed by atoms with Crippen molar-refractivity contribution >= 4 is 45.5 Å². The maximum Gasteiger partial charge on any atom is 0.323 e. The molecule has 0 aliphatic carbocycles. The van der Waals surface area contributed by atoms with E-state index in [0.717, 1.165) is 137 Å². The maximum absolute atomic E-state index is 12.5. The molecule has 0 radical (unpaired) electrons. The van der Waals surface area contributed by atoms with Gasteiger partial charge in [-0.15, -0.1) is 0 Å². The standard InChI is InChI=1S/C29H30N4O2.C21H26N4O3/c1-31-14-16-32(17-15-31)27-19-23(10-12-28(27)35-2)33-13-5-6-22(20-33)25-11-9-21(18-29(30)34)24-7-3-4-8-26(24)25;1-24-8-10-25(11-9-24)18-14-17(4-6-20(18)27-2)23-21(26)22-16-3-5-19-15(13-16)7-12-28-19/h3-13,19-20H,14-18H2,1-2H3,(H-,30,34);3-6,13-14H,7-12H2,1-2H3,(H2,22,23,26)/p+1. The van der Waals surface area contributed by atoms with Crippen molar-refractivity contribution in [2.45, 2.75) is 12.8 Å². The Balaban J connectivity index is 0.000000177. The lowest BCUT2D eigenvalue weighted by molar-refractivity contribution is -0.595. The molecule has 6 aromatic rings. The quantitative estimate of drug-likeness (QED) is 0.131. The predicted octanol–water partition coefficient (Wildman–Crippen LogP) is 6.60. The second-order valence-electron chi connectivity index (χ2n) is 16.3. The number of fused-ring (bicyclic) bond motifs is 2. The van der Waals surface area contributed by atoms with E-state index in [-0.39, 0.29) is 18.4 Å². The molecule has 0 saturated carbocycles. The van der Waals surface area contributed by atoms with Crippen LogP contribution in [0.1, 0.15) is 11.1 Å². The maximum atomic E-state index is 12.5. The number of hydrogen-bond donors (Lipinski definition) is 3. The van der Waals surface area contributed by atoms with Crippen LogP contribution < -0.4 is 44.9 Å². The number of amides is 3. The van der Waals surface area contributed by atoms with Gasteiger partial charge in [0.2, 0.25) is 11.6 Å². The molecule has 326 valence electrons. The topological polar surface area (TPSA) is 129 Å². The Morgan fingerprint density at radius 1 is 0.698 bits per heavy atom. The molecule has 4 N–H and O–H groups in total. The van der Waals surface area contributed by atoms with Crippen LogP contribution in [0.25, 0.3) is 27.6 Å².